The largest absolute Gasteiger partial charge is 0.541 e. The molecule has 0 aliphatic carbocycles. The highest BCUT2D eigenvalue weighted by Crippen LogP contribution is 2.25. The van der Waals surface area contributed by atoms with Gasteiger partial charge in [0.1, 0.15) is 5.75 Å². The van der Waals surface area contributed by atoms with E-state index in [1.54, 1.807) is 30.3 Å². The number of hydrogen-bond acceptors (Lipinski definition) is 3. The number of halogens is 2. The Balaban J connectivity index is 2.34. The minimum atomic E-state index is -4.33. The van der Waals surface area contributed by atoms with Crippen LogP contribution in [0.2, 0.25) is 0 Å². The summed E-state index contributed by atoms with van der Waals surface area (Å²) >= 11 is 0. The third kappa shape index (κ3) is 2.33. The van der Waals surface area contributed by atoms with Gasteiger partial charge in [0.05, 0.1) is 0 Å². The normalized spacial score (nSPS) is 11.4. The summed E-state index contributed by atoms with van der Waals surface area (Å²) in [6, 6.07) is 11.2. The summed E-state index contributed by atoms with van der Waals surface area (Å²) in [5, 5.41) is 11.6. The van der Waals surface area contributed by atoms with Gasteiger partial charge in [0, 0.05) is 0 Å². The Bertz CT molecular complexity index is 566. The number of alkyl halides is 2. The predicted octanol–water partition coefficient (Wildman–Crippen LogP) is 1.56. The van der Waals surface area contributed by atoms with Gasteiger partial charge in [0.2, 0.25) is 0 Å². The maximum Gasteiger partial charge on any atom is 0.441 e. The number of rotatable bonds is 3. The zero-order valence-corrected chi connectivity index (χ0v) is 8.52. The fraction of sp³-hybridized carbons (Fsp3) is 0.0833. The van der Waals surface area contributed by atoms with E-state index in [1.165, 1.54) is 12.1 Å². The molecule has 0 saturated heterocycles. The number of ether oxygens (including phenoxy) is 1. The molecule has 0 unspecified atom stereocenters. The standard InChI is InChI=1S/C12H8F2O3/c13-12(14,11(15)16)17-10-6-5-8-3-1-2-4-9(8)7-10/h1-7H,(H,15,16)/p-1. The molecule has 0 aliphatic rings. The zero-order chi connectivity index (χ0) is 12.5. The van der Waals surface area contributed by atoms with Crippen molar-refractivity contribution in [2.75, 3.05) is 0 Å². The summed E-state index contributed by atoms with van der Waals surface area (Å²) in [4.78, 5) is 10.1. The summed E-state index contributed by atoms with van der Waals surface area (Å²) in [7, 11) is 0. The number of carbonyl (C=O) groups is 1. The number of carboxylic acids is 1. The van der Waals surface area contributed by atoms with E-state index in [9.17, 15) is 18.7 Å². The minimum absolute atomic E-state index is 0.224. The van der Waals surface area contributed by atoms with Gasteiger partial charge in [-0.25, -0.2) is 0 Å². The lowest BCUT2D eigenvalue weighted by Crippen LogP contribution is -2.45. The van der Waals surface area contributed by atoms with Crippen molar-refractivity contribution in [3.8, 4) is 5.75 Å². The van der Waals surface area contributed by atoms with Crippen molar-refractivity contribution in [3.05, 3.63) is 42.5 Å². The van der Waals surface area contributed by atoms with Crippen molar-refractivity contribution in [2.24, 2.45) is 0 Å². The van der Waals surface area contributed by atoms with Crippen molar-refractivity contribution in [1.29, 1.82) is 0 Å². The summed E-state index contributed by atoms with van der Waals surface area (Å²) in [6.45, 7) is 0. The van der Waals surface area contributed by atoms with E-state index in [0.717, 1.165) is 5.39 Å². The number of hydrogen-bond donors (Lipinski definition) is 0. The van der Waals surface area contributed by atoms with Crippen LogP contribution in [-0.2, 0) is 4.79 Å². The van der Waals surface area contributed by atoms with Gasteiger partial charge in [-0.3, -0.25) is 0 Å². The molecule has 0 bridgehead atoms. The maximum absolute atomic E-state index is 12.7. The lowest BCUT2D eigenvalue weighted by atomic mass is 10.1. The van der Waals surface area contributed by atoms with Crippen molar-refractivity contribution in [1.82, 2.24) is 0 Å². The second kappa shape index (κ2) is 4.01. The summed E-state index contributed by atoms with van der Waals surface area (Å²) < 4.78 is 29.6. The summed E-state index contributed by atoms with van der Waals surface area (Å²) in [6.07, 6.45) is -4.33. The molecule has 0 spiro atoms. The van der Waals surface area contributed by atoms with Crippen molar-refractivity contribution in [3.63, 3.8) is 0 Å². The molecule has 2 aromatic rings. The highest BCUT2D eigenvalue weighted by atomic mass is 19.3. The van der Waals surface area contributed by atoms with E-state index in [4.69, 9.17) is 0 Å². The van der Waals surface area contributed by atoms with Crippen molar-refractivity contribution < 1.29 is 23.4 Å². The first-order valence-corrected chi connectivity index (χ1v) is 4.76. The van der Waals surface area contributed by atoms with Crippen LogP contribution in [0.25, 0.3) is 10.8 Å². The Hall–Kier alpha value is -2.17. The lowest BCUT2D eigenvalue weighted by Gasteiger charge is -2.18. The first-order chi connectivity index (χ1) is 7.99. The zero-order valence-electron chi connectivity index (χ0n) is 8.52. The van der Waals surface area contributed by atoms with Crippen LogP contribution >= 0.6 is 0 Å². The molecule has 5 heteroatoms. The lowest BCUT2D eigenvalue weighted by molar-refractivity contribution is -0.350. The van der Waals surface area contributed by atoms with Crippen LogP contribution in [0.3, 0.4) is 0 Å². The van der Waals surface area contributed by atoms with Crippen molar-refractivity contribution in [2.45, 2.75) is 6.11 Å². The van der Waals surface area contributed by atoms with Gasteiger partial charge in [-0.2, -0.15) is 8.78 Å². The maximum atomic E-state index is 12.7. The molecule has 0 N–H and O–H groups in total. The smallest absolute Gasteiger partial charge is 0.441 e. The van der Waals surface area contributed by atoms with Crippen molar-refractivity contribution >= 4 is 16.7 Å². The third-order valence-corrected chi connectivity index (χ3v) is 2.20. The quantitative estimate of drug-likeness (QED) is 0.813. The third-order valence-electron chi connectivity index (χ3n) is 2.20. The first-order valence-electron chi connectivity index (χ1n) is 4.76. The molecule has 0 amide bonds. The topological polar surface area (TPSA) is 49.4 Å². The molecule has 0 aliphatic heterocycles. The molecule has 0 heterocycles. The van der Waals surface area contributed by atoms with Crippen LogP contribution in [0, 0.1) is 0 Å². The Morgan fingerprint density at radius 1 is 1.12 bits per heavy atom. The minimum Gasteiger partial charge on any atom is -0.541 e. The van der Waals surface area contributed by atoms with Crippen LogP contribution in [-0.4, -0.2) is 12.1 Å². The monoisotopic (exact) mass is 237 g/mol. The molecule has 0 fully saturated rings. The van der Waals surface area contributed by atoms with Gasteiger partial charge in [0.25, 0.3) is 0 Å². The Kier molecular flexibility index (Phi) is 2.67. The molecule has 2 aromatic carbocycles. The molecule has 3 nitrogen and oxygen atoms in total. The number of aliphatic carboxylic acids is 1. The van der Waals surface area contributed by atoms with Gasteiger partial charge < -0.3 is 14.6 Å². The van der Waals surface area contributed by atoms with E-state index in [1.807, 2.05) is 0 Å². The Morgan fingerprint density at radius 3 is 2.41 bits per heavy atom. The van der Waals surface area contributed by atoms with Gasteiger partial charge in [0.15, 0.2) is 5.97 Å². The van der Waals surface area contributed by atoms with E-state index < -0.39 is 12.1 Å². The van der Waals surface area contributed by atoms with Gasteiger partial charge in [-0.1, -0.05) is 30.3 Å². The number of carboxylic acid groups (broad SMARTS) is 1. The molecule has 0 aromatic heterocycles. The second-order valence-corrected chi connectivity index (χ2v) is 3.42. The number of benzene rings is 2. The molecule has 0 saturated carbocycles. The molecule has 0 radical (unpaired) electrons. The average molecular weight is 237 g/mol. The van der Waals surface area contributed by atoms with Crippen LogP contribution in [0.15, 0.2) is 42.5 Å². The van der Waals surface area contributed by atoms with E-state index >= 15 is 0 Å². The summed E-state index contributed by atoms with van der Waals surface area (Å²) in [5.74, 6) is -2.79. The molecular formula is C12H7F2O3-. The van der Waals surface area contributed by atoms with E-state index in [2.05, 4.69) is 4.74 Å². The highest BCUT2D eigenvalue weighted by molar-refractivity contribution is 5.83. The van der Waals surface area contributed by atoms with Gasteiger partial charge >= 0.3 is 6.11 Å². The van der Waals surface area contributed by atoms with Crippen LogP contribution in [0.4, 0.5) is 8.78 Å². The number of fused-ring (bicyclic) bond motifs is 1. The molecule has 2 rings (SSSR count). The van der Waals surface area contributed by atoms with E-state index in [0.29, 0.717) is 5.39 Å². The first kappa shape index (κ1) is 11.3. The summed E-state index contributed by atoms with van der Waals surface area (Å²) in [5.41, 5.74) is 0. The Labute approximate surface area is 95.2 Å². The van der Waals surface area contributed by atoms with Crippen LogP contribution < -0.4 is 9.84 Å². The molecular weight excluding hydrogens is 230 g/mol. The highest BCUT2D eigenvalue weighted by Gasteiger charge is 2.33. The fourth-order valence-corrected chi connectivity index (χ4v) is 1.42. The van der Waals surface area contributed by atoms with Gasteiger partial charge in [-0.15, -0.1) is 0 Å². The number of carbonyl (C=O) groups excluding carboxylic acids is 1. The van der Waals surface area contributed by atoms with E-state index in [-0.39, 0.29) is 5.75 Å². The molecule has 88 valence electrons. The average Bonchev–Trinajstić information content (AvgIpc) is 2.28. The molecule has 17 heavy (non-hydrogen) atoms. The van der Waals surface area contributed by atoms with Gasteiger partial charge in [-0.05, 0) is 22.9 Å². The SMILES string of the molecule is O=C([O-])C(F)(F)Oc1ccc2ccccc2c1. The van der Waals surface area contributed by atoms with Crippen LogP contribution in [0.5, 0.6) is 5.75 Å². The Morgan fingerprint density at radius 2 is 1.76 bits per heavy atom. The predicted molar refractivity (Wildman–Crippen MR) is 54.5 cm³/mol. The molecule has 0 atom stereocenters. The fourth-order valence-electron chi connectivity index (χ4n) is 1.42. The van der Waals surface area contributed by atoms with Crippen LogP contribution in [0.1, 0.15) is 0 Å². The second-order valence-electron chi connectivity index (χ2n) is 3.42.